The van der Waals surface area contributed by atoms with Crippen LogP contribution >= 0.6 is 11.3 Å². The molecule has 1 atom stereocenters. The Kier molecular flexibility index (Phi) is 3.21. The highest BCUT2D eigenvalue weighted by atomic mass is 32.1. The van der Waals surface area contributed by atoms with Crippen LogP contribution in [0.15, 0.2) is 11.7 Å². The van der Waals surface area contributed by atoms with Gasteiger partial charge in [0.2, 0.25) is 0 Å². The fourth-order valence-electron chi connectivity index (χ4n) is 1.97. The molecule has 0 bridgehead atoms. The SMILES string of the molecule is CCC(C)c1ncc(C(C)(C)C)c2ncsc12. The van der Waals surface area contributed by atoms with Gasteiger partial charge in [-0.15, -0.1) is 11.3 Å². The van der Waals surface area contributed by atoms with Crippen molar-refractivity contribution in [2.45, 2.75) is 52.4 Å². The molecule has 1 unspecified atom stereocenters. The molecule has 0 aliphatic heterocycles. The number of thiazole rings is 1. The van der Waals surface area contributed by atoms with Crippen LogP contribution in [0.2, 0.25) is 0 Å². The largest absolute Gasteiger partial charge is 0.259 e. The molecule has 0 N–H and O–H groups in total. The van der Waals surface area contributed by atoms with E-state index in [0.29, 0.717) is 5.92 Å². The van der Waals surface area contributed by atoms with Crippen LogP contribution < -0.4 is 0 Å². The van der Waals surface area contributed by atoms with E-state index in [4.69, 9.17) is 0 Å². The van der Waals surface area contributed by atoms with Gasteiger partial charge in [0.05, 0.1) is 21.4 Å². The third-order valence-corrected chi connectivity index (χ3v) is 4.12. The van der Waals surface area contributed by atoms with Crippen LogP contribution in [-0.4, -0.2) is 9.97 Å². The molecular formula is C14H20N2S. The summed E-state index contributed by atoms with van der Waals surface area (Å²) in [5.74, 6) is 0.506. The van der Waals surface area contributed by atoms with Crippen LogP contribution in [0.3, 0.4) is 0 Å². The van der Waals surface area contributed by atoms with Crippen LogP contribution in [0, 0.1) is 0 Å². The molecule has 17 heavy (non-hydrogen) atoms. The van der Waals surface area contributed by atoms with E-state index in [0.717, 1.165) is 11.9 Å². The smallest absolute Gasteiger partial charge is 0.0883 e. The third-order valence-electron chi connectivity index (χ3n) is 3.28. The Bertz CT molecular complexity index is 522. The van der Waals surface area contributed by atoms with Crippen LogP contribution in [0.5, 0.6) is 0 Å². The first-order chi connectivity index (χ1) is 7.95. The van der Waals surface area contributed by atoms with E-state index in [9.17, 15) is 0 Å². The van der Waals surface area contributed by atoms with Gasteiger partial charge in [-0.3, -0.25) is 4.98 Å². The second kappa shape index (κ2) is 4.37. The fourth-order valence-corrected chi connectivity index (χ4v) is 2.88. The minimum atomic E-state index is 0.104. The molecule has 0 aliphatic carbocycles. The maximum atomic E-state index is 4.69. The minimum Gasteiger partial charge on any atom is -0.259 e. The first-order valence-corrected chi connectivity index (χ1v) is 7.05. The second-order valence-electron chi connectivity index (χ2n) is 5.65. The minimum absolute atomic E-state index is 0.104. The molecule has 2 nitrogen and oxygen atoms in total. The average molecular weight is 248 g/mol. The molecule has 0 aromatic carbocycles. The van der Waals surface area contributed by atoms with E-state index in [1.165, 1.54) is 16.0 Å². The van der Waals surface area contributed by atoms with Crippen molar-refractivity contribution in [1.82, 2.24) is 9.97 Å². The summed E-state index contributed by atoms with van der Waals surface area (Å²) in [5.41, 5.74) is 5.65. The number of nitrogens with zero attached hydrogens (tertiary/aromatic N) is 2. The summed E-state index contributed by atoms with van der Waals surface area (Å²) in [5, 5.41) is 0. The van der Waals surface area contributed by atoms with Gasteiger partial charge in [-0.05, 0) is 17.8 Å². The highest BCUT2D eigenvalue weighted by Crippen LogP contribution is 2.34. The topological polar surface area (TPSA) is 25.8 Å². The van der Waals surface area contributed by atoms with Gasteiger partial charge in [-0.2, -0.15) is 0 Å². The number of hydrogen-bond donors (Lipinski definition) is 0. The van der Waals surface area contributed by atoms with Crippen molar-refractivity contribution in [1.29, 1.82) is 0 Å². The zero-order chi connectivity index (χ0) is 12.6. The molecule has 0 spiro atoms. The van der Waals surface area contributed by atoms with Crippen LogP contribution in [-0.2, 0) is 5.41 Å². The summed E-state index contributed by atoms with van der Waals surface area (Å²) in [6, 6.07) is 0. The molecule has 0 radical (unpaired) electrons. The molecule has 2 aromatic heterocycles. The van der Waals surface area contributed by atoms with E-state index in [1.807, 2.05) is 11.7 Å². The molecule has 0 saturated carbocycles. The van der Waals surface area contributed by atoms with Crippen molar-refractivity contribution >= 4 is 21.6 Å². The second-order valence-corrected chi connectivity index (χ2v) is 6.50. The monoisotopic (exact) mass is 248 g/mol. The maximum Gasteiger partial charge on any atom is 0.0883 e. The summed E-state index contributed by atoms with van der Waals surface area (Å²) >= 11 is 1.71. The molecule has 3 heteroatoms. The summed E-state index contributed by atoms with van der Waals surface area (Å²) in [6.45, 7) is 11.1. The number of hydrogen-bond acceptors (Lipinski definition) is 3. The van der Waals surface area contributed by atoms with Gasteiger partial charge in [-0.1, -0.05) is 34.6 Å². The van der Waals surface area contributed by atoms with E-state index < -0.39 is 0 Å². The maximum absolute atomic E-state index is 4.69. The molecule has 0 aliphatic rings. The number of aromatic nitrogens is 2. The molecule has 92 valence electrons. The lowest BCUT2D eigenvalue weighted by Gasteiger charge is -2.20. The zero-order valence-corrected chi connectivity index (χ0v) is 12.1. The van der Waals surface area contributed by atoms with Gasteiger partial charge in [0.15, 0.2) is 0 Å². The lowest BCUT2D eigenvalue weighted by molar-refractivity contribution is 0.590. The van der Waals surface area contributed by atoms with Gasteiger partial charge in [-0.25, -0.2) is 4.98 Å². The predicted molar refractivity (Wildman–Crippen MR) is 74.8 cm³/mol. The summed E-state index contributed by atoms with van der Waals surface area (Å²) in [4.78, 5) is 9.23. The Morgan fingerprint density at radius 3 is 2.59 bits per heavy atom. The Morgan fingerprint density at radius 1 is 1.29 bits per heavy atom. The van der Waals surface area contributed by atoms with Crippen molar-refractivity contribution in [3.8, 4) is 0 Å². The van der Waals surface area contributed by atoms with Crippen LogP contribution in [0.25, 0.3) is 10.2 Å². The fraction of sp³-hybridized carbons (Fsp3) is 0.571. The Hall–Kier alpha value is -0.960. The van der Waals surface area contributed by atoms with Crippen molar-refractivity contribution in [2.75, 3.05) is 0 Å². The van der Waals surface area contributed by atoms with Gasteiger partial charge < -0.3 is 0 Å². The standard InChI is InChI=1S/C14H20N2S/c1-6-9(2)11-13-12(16-8-17-13)10(7-15-11)14(3,4)5/h7-9H,6H2,1-5H3. The Labute approximate surface area is 107 Å². The number of pyridine rings is 1. The van der Waals surface area contributed by atoms with Gasteiger partial charge in [0.1, 0.15) is 0 Å². The molecular weight excluding hydrogens is 228 g/mol. The van der Waals surface area contributed by atoms with Crippen molar-refractivity contribution in [3.05, 3.63) is 23.0 Å². The highest BCUT2D eigenvalue weighted by molar-refractivity contribution is 7.17. The van der Waals surface area contributed by atoms with Crippen molar-refractivity contribution in [2.24, 2.45) is 0 Å². The van der Waals surface area contributed by atoms with Crippen LogP contribution in [0.4, 0.5) is 0 Å². The first-order valence-electron chi connectivity index (χ1n) is 6.17. The quantitative estimate of drug-likeness (QED) is 0.782. The van der Waals surface area contributed by atoms with Gasteiger partial charge >= 0.3 is 0 Å². The van der Waals surface area contributed by atoms with E-state index in [2.05, 4.69) is 44.6 Å². The molecule has 0 saturated heterocycles. The molecule has 0 amide bonds. The van der Waals surface area contributed by atoms with E-state index in [-0.39, 0.29) is 5.41 Å². The molecule has 2 heterocycles. The first kappa shape index (κ1) is 12.5. The normalized spacial score (nSPS) is 14.2. The Balaban J connectivity index is 2.67. The van der Waals surface area contributed by atoms with E-state index >= 15 is 0 Å². The highest BCUT2D eigenvalue weighted by Gasteiger charge is 2.21. The van der Waals surface area contributed by atoms with Crippen molar-refractivity contribution < 1.29 is 0 Å². The summed E-state index contributed by atoms with van der Waals surface area (Å²) in [6.07, 6.45) is 3.14. The van der Waals surface area contributed by atoms with Gasteiger partial charge in [0.25, 0.3) is 0 Å². The van der Waals surface area contributed by atoms with E-state index in [1.54, 1.807) is 11.3 Å². The lowest BCUT2D eigenvalue weighted by Crippen LogP contribution is -2.13. The summed E-state index contributed by atoms with van der Waals surface area (Å²) in [7, 11) is 0. The average Bonchev–Trinajstić information content (AvgIpc) is 2.73. The molecule has 0 fully saturated rings. The zero-order valence-electron chi connectivity index (χ0n) is 11.2. The lowest BCUT2D eigenvalue weighted by atomic mass is 9.87. The predicted octanol–water partition coefficient (Wildman–Crippen LogP) is 4.50. The Morgan fingerprint density at radius 2 is 2.00 bits per heavy atom. The molecule has 2 rings (SSSR count). The number of fused-ring (bicyclic) bond motifs is 1. The van der Waals surface area contributed by atoms with Crippen LogP contribution in [0.1, 0.15) is 58.2 Å². The summed E-state index contributed by atoms with van der Waals surface area (Å²) < 4.78 is 1.27. The molecule has 2 aromatic rings. The van der Waals surface area contributed by atoms with Crippen molar-refractivity contribution in [3.63, 3.8) is 0 Å². The third kappa shape index (κ3) is 2.21. The number of rotatable bonds is 2. The van der Waals surface area contributed by atoms with Gasteiger partial charge in [0, 0.05) is 11.8 Å².